The van der Waals surface area contributed by atoms with E-state index in [0.29, 0.717) is 28.4 Å². The van der Waals surface area contributed by atoms with Gasteiger partial charge in [-0.05, 0) is 57.4 Å². The molecule has 1 fully saturated rings. The molecule has 0 saturated heterocycles. The van der Waals surface area contributed by atoms with E-state index in [1.807, 2.05) is 6.92 Å². The van der Waals surface area contributed by atoms with E-state index in [-0.39, 0.29) is 21.9 Å². The highest BCUT2D eigenvalue weighted by Gasteiger charge is 2.61. The van der Waals surface area contributed by atoms with Crippen molar-refractivity contribution in [3.8, 4) is 0 Å². The van der Waals surface area contributed by atoms with Crippen LogP contribution in [0.5, 0.6) is 0 Å². The van der Waals surface area contributed by atoms with E-state index in [4.69, 9.17) is 16.3 Å². The molecule has 0 radical (unpaired) electrons. The first kappa shape index (κ1) is 25.7. The summed E-state index contributed by atoms with van der Waals surface area (Å²) in [4.78, 5) is 32.2. The van der Waals surface area contributed by atoms with Gasteiger partial charge in [-0.15, -0.1) is 0 Å². The number of nitrogens with zero attached hydrogens (tertiary/aromatic N) is 3. The Balaban J connectivity index is 1.76. The van der Waals surface area contributed by atoms with E-state index in [1.54, 1.807) is 20.8 Å². The third-order valence-electron chi connectivity index (χ3n) is 5.62. The minimum Gasteiger partial charge on any atom is -0.481 e. The summed E-state index contributed by atoms with van der Waals surface area (Å²) >= 11 is 6.30. The van der Waals surface area contributed by atoms with Gasteiger partial charge < -0.3 is 15.2 Å². The Morgan fingerprint density at radius 3 is 2.38 bits per heavy atom. The van der Waals surface area contributed by atoms with Crippen LogP contribution < -0.4 is 5.32 Å². The topological polar surface area (TPSA) is 139 Å². The summed E-state index contributed by atoms with van der Waals surface area (Å²) in [5.41, 5.74) is -1.05. The number of amides is 1. The first-order valence-corrected chi connectivity index (χ1v) is 12.4. The highest BCUT2D eigenvalue weighted by atomic mass is 35.5. The van der Waals surface area contributed by atoms with Crippen molar-refractivity contribution < 1.29 is 27.9 Å². The van der Waals surface area contributed by atoms with E-state index in [0.717, 1.165) is 7.05 Å². The molecule has 0 spiro atoms. The van der Waals surface area contributed by atoms with Crippen molar-refractivity contribution >= 4 is 45.3 Å². The lowest BCUT2D eigenvalue weighted by atomic mass is 9.95. The second-order valence-electron chi connectivity index (χ2n) is 9.09. The summed E-state index contributed by atoms with van der Waals surface area (Å²) < 4.78 is 31.1. The maximum atomic E-state index is 12.7. The van der Waals surface area contributed by atoms with Gasteiger partial charge in [0.2, 0.25) is 5.95 Å². The number of aliphatic carboxylic acids is 1. The molecule has 184 valence electrons. The summed E-state index contributed by atoms with van der Waals surface area (Å²) in [6.07, 6.45) is 1.62. The smallest absolute Gasteiger partial charge is 0.424 e. The highest BCUT2D eigenvalue weighted by molar-refractivity contribution is 7.89. The van der Waals surface area contributed by atoms with Crippen molar-refractivity contribution in [2.45, 2.75) is 56.4 Å². The van der Waals surface area contributed by atoms with E-state index in [1.165, 1.54) is 30.5 Å². The van der Waals surface area contributed by atoms with Crippen LogP contribution in [0.15, 0.2) is 35.4 Å². The lowest BCUT2D eigenvalue weighted by molar-refractivity contribution is -0.140. The number of hydrogen-bond acceptors (Lipinski definition) is 8. The number of nitrogens with one attached hydrogen (secondary N) is 1. The molecule has 2 unspecified atom stereocenters. The van der Waals surface area contributed by atoms with Gasteiger partial charge in [-0.25, -0.2) is 27.5 Å². The molecule has 1 aliphatic rings. The molecule has 2 aromatic rings. The van der Waals surface area contributed by atoms with E-state index in [9.17, 15) is 23.1 Å². The number of carbonyl (C=O) groups is 2. The Hall–Kier alpha value is -2.92. The molecular formula is C22H27ClN4O6S. The highest BCUT2D eigenvalue weighted by Crippen LogP contribution is 2.57. The molecule has 12 heteroatoms. The summed E-state index contributed by atoms with van der Waals surface area (Å²) in [5, 5.41) is 12.7. The summed E-state index contributed by atoms with van der Waals surface area (Å²) in [7, 11) is -2.99. The third-order valence-corrected chi connectivity index (χ3v) is 7.65. The minimum absolute atomic E-state index is 0.0155. The lowest BCUT2D eigenvalue weighted by Crippen LogP contribution is -2.38. The van der Waals surface area contributed by atoms with Gasteiger partial charge in [-0.2, -0.15) is 0 Å². The van der Waals surface area contributed by atoms with Crippen LogP contribution in [0.25, 0.3) is 0 Å². The van der Waals surface area contributed by atoms with Crippen LogP contribution in [0, 0.1) is 5.92 Å². The van der Waals surface area contributed by atoms with Gasteiger partial charge in [0, 0.05) is 24.5 Å². The fourth-order valence-corrected chi connectivity index (χ4v) is 5.00. The molecular weight excluding hydrogens is 484 g/mol. The Morgan fingerprint density at radius 2 is 1.91 bits per heavy atom. The summed E-state index contributed by atoms with van der Waals surface area (Å²) in [5.74, 6) is -0.832. The van der Waals surface area contributed by atoms with Gasteiger partial charge in [-0.1, -0.05) is 24.9 Å². The van der Waals surface area contributed by atoms with Crippen LogP contribution >= 0.6 is 11.6 Å². The number of benzene rings is 1. The zero-order valence-electron chi connectivity index (χ0n) is 19.5. The molecule has 1 aromatic carbocycles. The van der Waals surface area contributed by atoms with Crippen molar-refractivity contribution in [3.63, 3.8) is 0 Å². The van der Waals surface area contributed by atoms with Crippen molar-refractivity contribution in [2.24, 2.45) is 5.92 Å². The monoisotopic (exact) mass is 510 g/mol. The van der Waals surface area contributed by atoms with Crippen LogP contribution in [0.2, 0.25) is 5.15 Å². The molecule has 10 nitrogen and oxygen atoms in total. The molecule has 2 atom stereocenters. The van der Waals surface area contributed by atoms with Gasteiger partial charge in [0.15, 0.2) is 0 Å². The number of halogens is 1. The van der Waals surface area contributed by atoms with E-state index >= 15 is 0 Å². The zero-order valence-corrected chi connectivity index (χ0v) is 21.1. The van der Waals surface area contributed by atoms with Crippen molar-refractivity contribution in [1.29, 1.82) is 0 Å². The number of carbonyl (C=O) groups excluding carboxylic acids is 1. The third kappa shape index (κ3) is 4.95. The second kappa shape index (κ2) is 9.03. The molecule has 0 aliphatic heterocycles. The van der Waals surface area contributed by atoms with Crippen molar-refractivity contribution in [3.05, 3.63) is 41.2 Å². The average molecular weight is 511 g/mol. The quantitative estimate of drug-likeness (QED) is 0.525. The Bertz CT molecular complexity index is 1210. The largest absolute Gasteiger partial charge is 0.481 e. The van der Waals surface area contributed by atoms with Gasteiger partial charge in [0.25, 0.3) is 10.0 Å². The molecule has 3 rings (SSSR count). The van der Waals surface area contributed by atoms with Gasteiger partial charge in [0.05, 0.1) is 4.90 Å². The Kier molecular flexibility index (Phi) is 6.82. The number of anilines is 2. The number of rotatable bonds is 7. The minimum atomic E-state index is -4.11. The second-order valence-corrected chi connectivity index (χ2v) is 11.4. The zero-order chi connectivity index (χ0) is 25.5. The van der Waals surface area contributed by atoms with Gasteiger partial charge in [0.1, 0.15) is 16.2 Å². The number of hydrogen-bond donors (Lipinski definition) is 2. The standard InChI is InChI=1S/C22H27ClN4O6S/c1-6-13-11-22(13,18(28)29)16-12-24-19(26-17(16)23)25-14-7-9-15(10-8-14)34(31,32)27(5)20(30)33-21(2,3)4/h7-10,12-13H,6,11H2,1-5H3,(H,28,29)(H,24,25,26). The molecule has 1 heterocycles. The first-order chi connectivity index (χ1) is 15.7. The Morgan fingerprint density at radius 1 is 1.29 bits per heavy atom. The number of sulfonamides is 1. The number of aromatic nitrogens is 2. The SMILES string of the molecule is CCC1CC1(C(=O)O)c1cnc(Nc2ccc(S(=O)(=O)N(C)C(=O)OC(C)(C)C)cc2)nc1Cl. The normalized spacial score (nSPS) is 19.9. The molecule has 1 aliphatic carbocycles. The van der Waals surface area contributed by atoms with Gasteiger partial charge in [-0.3, -0.25) is 4.79 Å². The van der Waals surface area contributed by atoms with Crippen molar-refractivity contribution in [1.82, 2.24) is 14.3 Å². The maximum absolute atomic E-state index is 12.7. The number of carboxylic acid groups (broad SMARTS) is 1. The van der Waals surface area contributed by atoms with Crippen LogP contribution in [-0.4, -0.2) is 52.5 Å². The fourth-order valence-electron chi connectivity index (χ4n) is 3.67. The summed E-state index contributed by atoms with van der Waals surface area (Å²) in [6.45, 7) is 6.85. The number of ether oxygens (including phenoxy) is 1. The first-order valence-electron chi connectivity index (χ1n) is 10.6. The maximum Gasteiger partial charge on any atom is 0.424 e. The number of carboxylic acids is 1. The lowest BCUT2D eigenvalue weighted by Gasteiger charge is -2.24. The van der Waals surface area contributed by atoms with E-state index < -0.39 is 33.1 Å². The Labute approximate surface area is 203 Å². The average Bonchev–Trinajstić information content (AvgIpc) is 3.48. The molecule has 2 N–H and O–H groups in total. The molecule has 1 saturated carbocycles. The van der Waals surface area contributed by atoms with Crippen LogP contribution in [0.1, 0.15) is 46.1 Å². The van der Waals surface area contributed by atoms with Crippen LogP contribution in [-0.2, 0) is 25.0 Å². The van der Waals surface area contributed by atoms with Crippen molar-refractivity contribution in [2.75, 3.05) is 12.4 Å². The molecule has 0 bridgehead atoms. The molecule has 1 aromatic heterocycles. The predicted molar refractivity (Wildman–Crippen MR) is 126 cm³/mol. The fraction of sp³-hybridized carbons (Fsp3) is 0.455. The van der Waals surface area contributed by atoms with Crippen LogP contribution in [0.3, 0.4) is 0 Å². The summed E-state index contributed by atoms with van der Waals surface area (Å²) in [6, 6.07) is 5.61. The van der Waals surface area contributed by atoms with Gasteiger partial charge >= 0.3 is 12.1 Å². The molecule has 34 heavy (non-hydrogen) atoms. The van der Waals surface area contributed by atoms with E-state index in [2.05, 4.69) is 15.3 Å². The predicted octanol–water partition coefficient (Wildman–Crippen LogP) is 4.18. The van der Waals surface area contributed by atoms with Crippen LogP contribution in [0.4, 0.5) is 16.4 Å². The molecule has 1 amide bonds.